The Kier molecular flexibility index (Phi) is 7.51. The van der Waals surface area contributed by atoms with E-state index in [0.717, 1.165) is 28.7 Å². The monoisotopic (exact) mass is 441 g/mol. The van der Waals surface area contributed by atoms with Crippen LogP contribution in [0.1, 0.15) is 24.5 Å². The van der Waals surface area contributed by atoms with Crippen LogP contribution in [0.25, 0.3) is 11.1 Å². The average Bonchev–Trinajstić information content (AvgIpc) is 3.02. The van der Waals surface area contributed by atoms with Gasteiger partial charge in [0.15, 0.2) is 0 Å². The van der Waals surface area contributed by atoms with E-state index in [1.54, 1.807) is 6.20 Å². The van der Waals surface area contributed by atoms with Crippen LogP contribution in [0.3, 0.4) is 0 Å². The average molecular weight is 442 g/mol. The van der Waals surface area contributed by atoms with E-state index in [1.807, 2.05) is 59.3 Å². The van der Waals surface area contributed by atoms with Crippen LogP contribution in [-0.2, 0) is 22.4 Å². The summed E-state index contributed by atoms with van der Waals surface area (Å²) in [5.74, 6) is 0.0265. The van der Waals surface area contributed by atoms with Gasteiger partial charge in [-0.2, -0.15) is 0 Å². The molecule has 1 atom stereocenters. The third-order valence-electron chi connectivity index (χ3n) is 6.35. The molecule has 0 unspecified atom stereocenters. The van der Waals surface area contributed by atoms with Gasteiger partial charge in [-0.15, -0.1) is 0 Å². The minimum absolute atomic E-state index is 0.124. The molecule has 0 N–H and O–H groups in total. The van der Waals surface area contributed by atoms with Crippen molar-refractivity contribution in [1.82, 2.24) is 14.8 Å². The standard InChI is InChI=1S/C28H31N3O2/c1-2-30-16-17-31(27(32)14-13-22-8-4-3-5-9-22)21-26(28(30)33)19-23-10-6-11-24(18-23)25-12-7-15-29-20-25/h3-12,15,18,20,26H,2,13-14,16-17,19,21H2,1H3/t26-/m0/s1. The van der Waals surface area contributed by atoms with E-state index in [4.69, 9.17) is 0 Å². The van der Waals surface area contributed by atoms with E-state index in [9.17, 15) is 9.59 Å². The first-order valence-corrected chi connectivity index (χ1v) is 11.7. The van der Waals surface area contributed by atoms with Crippen molar-refractivity contribution in [3.63, 3.8) is 0 Å². The van der Waals surface area contributed by atoms with Crippen molar-refractivity contribution in [1.29, 1.82) is 0 Å². The lowest BCUT2D eigenvalue weighted by Gasteiger charge is -2.24. The molecule has 1 aliphatic rings. The number of likely N-dealkylation sites (N-methyl/N-ethyl adjacent to an activating group) is 1. The molecule has 1 fully saturated rings. The number of aryl methyl sites for hydroxylation is 1. The lowest BCUT2D eigenvalue weighted by atomic mass is 9.95. The van der Waals surface area contributed by atoms with Gasteiger partial charge in [-0.25, -0.2) is 0 Å². The van der Waals surface area contributed by atoms with Crippen molar-refractivity contribution in [2.45, 2.75) is 26.2 Å². The number of rotatable bonds is 7. The molecule has 5 nitrogen and oxygen atoms in total. The largest absolute Gasteiger partial charge is 0.341 e. The Balaban J connectivity index is 1.48. The van der Waals surface area contributed by atoms with E-state index in [0.29, 0.717) is 39.0 Å². The Hall–Kier alpha value is -3.47. The molecule has 0 saturated carbocycles. The smallest absolute Gasteiger partial charge is 0.227 e. The molecule has 0 spiro atoms. The lowest BCUT2D eigenvalue weighted by molar-refractivity contribution is -0.134. The summed E-state index contributed by atoms with van der Waals surface area (Å²) in [5.41, 5.74) is 4.41. The van der Waals surface area contributed by atoms with Gasteiger partial charge in [0.25, 0.3) is 0 Å². The van der Waals surface area contributed by atoms with Crippen LogP contribution in [0.15, 0.2) is 79.1 Å². The number of pyridine rings is 1. The number of hydrogen-bond donors (Lipinski definition) is 0. The second kappa shape index (κ2) is 10.9. The van der Waals surface area contributed by atoms with Gasteiger partial charge in [0.1, 0.15) is 0 Å². The summed E-state index contributed by atoms with van der Waals surface area (Å²) in [7, 11) is 0. The minimum Gasteiger partial charge on any atom is -0.341 e. The Morgan fingerprint density at radius 2 is 1.76 bits per heavy atom. The van der Waals surface area contributed by atoms with E-state index in [1.165, 1.54) is 0 Å². The normalized spacial score (nSPS) is 16.5. The van der Waals surface area contributed by atoms with E-state index in [2.05, 4.69) is 35.3 Å². The highest BCUT2D eigenvalue weighted by Crippen LogP contribution is 2.23. The summed E-state index contributed by atoms with van der Waals surface area (Å²) >= 11 is 0. The predicted octanol–water partition coefficient (Wildman–Crippen LogP) is 4.23. The highest BCUT2D eigenvalue weighted by atomic mass is 16.2. The molecule has 170 valence electrons. The zero-order valence-electron chi connectivity index (χ0n) is 19.2. The molecule has 1 saturated heterocycles. The molecule has 0 radical (unpaired) electrons. The van der Waals surface area contributed by atoms with E-state index in [-0.39, 0.29) is 17.7 Å². The zero-order valence-corrected chi connectivity index (χ0v) is 19.2. The second-order valence-electron chi connectivity index (χ2n) is 8.59. The van der Waals surface area contributed by atoms with Gasteiger partial charge in [0.2, 0.25) is 11.8 Å². The summed E-state index contributed by atoms with van der Waals surface area (Å²) in [6, 6.07) is 22.3. The summed E-state index contributed by atoms with van der Waals surface area (Å²) in [6.45, 7) is 4.33. The second-order valence-corrected chi connectivity index (χ2v) is 8.59. The molecule has 3 aromatic rings. The lowest BCUT2D eigenvalue weighted by Crippen LogP contribution is -2.38. The maximum absolute atomic E-state index is 13.3. The Morgan fingerprint density at radius 1 is 0.970 bits per heavy atom. The number of nitrogens with zero attached hydrogens (tertiary/aromatic N) is 3. The Bertz CT molecular complexity index is 1070. The number of aromatic nitrogens is 1. The molecule has 2 amide bonds. The van der Waals surface area contributed by atoms with Crippen molar-refractivity contribution < 1.29 is 9.59 Å². The number of benzene rings is 2. The van der Waals surface area contributed by atoms with Crippen LogP contribution < -0.4 is 0 Å². The van der Waals surface area contributed by atoms with Crippen molar-refractivity contribution in [3.8, 4) is 11.1 Å². The molecule has 2 aromatic carbocycles. The molecule has 5 heteroatoms. The zero-order chi connectivity index (χ0) is 23.0. The van der Waals surface area contributed by atoms with Gasteiger partial charge < -0.3 is 9.80 Å². The maximum Gasteiger partial charge on any atom is 0.227 e. The van der Waals surface area contributed by atoms with Crippen LogP contribution in [0.4, 0.5) is 0 Å². The molecule has 1 aromatic heterocycles. The highest BCUT2D eigenvalue weighted by molar-refractivity contribution is 5.82. The van der Waals surface area contributed by atoms with Gasteiger partial charge in [0, 0.05) is 45.0 Å². The van der Waals surface area contributed by atoms with Gasteiger partial charge in [-0.3, -0.25) is 14.6 Å². The molecular weight excluding hydrogens is 410 g/mol. The quantitative estimate of drug-likeness (QED) is 0.551. The maximum atomic E-state index is 13.3. The topological polar surface area (TPSA) is 53.5 Å². The minimum atomic E-state index is -0.239. The fraction of sp³-hybridized carbons (Fsp3) is 0.321. The molecule has 4 rings (SSSR count). The fourth-order valence-electron chi connectivity index (χ4n) is 4.49. The molecular formula is C28H31N3O2. The molecule has 0 bridgehead atoms. The van der Waals surface area contributed by atoms with Gasteiger partial charge in [-0.05, 0) is 48.1 Å². The summed E-state index contributed by atoms with van der Waals surface area (Å²) in [6.07, 6.45) is 5.42. The van der Waals surface area contributed by atoms with Gasteiger partial charge in [0.05, 0.1) is 5.92 Å². The number of hydrogen-bond acceptors (Lipinski definition) is 3. The van der Waals surface area contributed by atoms with Crippen molar-refractivity contribution >= 4 is 11.8 Å². The van der Waals surface area contributed by atoms with Crippen molar-refractivity contribution in [2.24, 2.45) is 5.92 Å². The number of carbonyl (C=O) groups is 2. The van der Waals surface area contributed by atoms with Crippen LogP contribution in [0.2, 0.25) is 0 Å². The molecule has 0 aliphatic carbocycles. The number of amides is 2. The third kappa shape index (κ3) is 5.86. The first kappa shape index (κ1) is 22.7. The molecule has 33 heavy (non-hydrogen) atoms. The molecule has 1 aliphatic heterocycles. The number of carbonyl (C=O) groups excluding carboxylic acids is 2. The third-order valence-corrected chi connectivity index (χ3v) is 6.35. The Morgan fingerprint density at radius 3 is 2.52 bits per heavy atom. The Labute approximate surface area is 196 Å². The van der Waals surface area contributed by atoms with Crippen molar-refractivity contribution in [3.05, 3.63) is 90.3 Å². The summed E-state index contributed by atoms with van der Waals surface area (Å²) in [5, 5.41) is 0. The van der Waals surface area contributed by atoms with Crippen LogP contribution in [0, 0.1) is 5.92 Å². The SMILES string of the molecule is CCN1CCN(C(=O)CCc2ccccc2)C[C@H](Cc2cccc(-c3cccnc3)c2)C1=O. The van der Waals surface area contributed by atoms with Crippen LogP contribution in [-0.4, -0.2) is 52.8 Å². The van der Waals surface area contributed by atoms with E-state index < -0.39 is 0 Å². The van der Waals surface area contributed by atoms with Gasteiger partial charge >= 0.3 is 0 Å². The van der Waals surface area contributed by atoms with Crippen molar-refractivity contribution in [2.75, 3.05) is 26.2 Å². The van der Waals surface area contributed by atoms with Gasteiger partial charge in [-0.1, -0.05) is 60.7 Å². The first-order valence-electron chi connectivity index (χ1n) is 11.7. The van der Waals surface area contributed by atoms with Crippen LogP contribution in [0.5, 0.6) is 0 Å². The molecule has 2 heterocycles. The highest BCUT2D eigenvalue weighted by Gasteiger charge is 2.31. The van der Waals surface area contributed by atoms with E-state index >= 15 is 0 Å². The summed E-state index contributed by atoms with van der Waals surface area (Å²) < 4.78 is 0. The fourth-order valence-corrected chi connectivity index (χ4v) is 4.49. The van der Waals surface area contributed by atoms with Crippen LogP contribution >= 0.6 is 0 Å². The predicted molar refractivity (Wildman–Crippen MR) is 130 cm³/mol. The summed E-state index contributed by atoms with van der Waals surface area (Å²) in [4.78, 5) is 34.3. The first-order chi connectivity index (χ1) is 16.1.